The molecule has 7 heteroatoms. The van der Waals surface area contributed by atoms with Gasteiger partial charge in [0.15, 0.2) is 0 Å². The van der Waals surface area contributed by atoms with Crippen molar-refractivity contribution in [2.24, 2.45) is 0 Å². The molecule has 2 aromatic rings. The molecule has 0 bridgehead atoms. The Morgan fingerprint density at radius 2 is 1.82 bits per heavy atom. The largest absolute Gasteiger partial charge is 0.497 e. The first-order chi connectivity index (χ1) is 10.5. The highest BCUT2D eigenvalue weighted by atomic mass is 19.4. The lowest BCUT2D eigenvalue weighted by atomic mass is 10.2. The van der Waals surface area contributed by atoms with Crippen molar-refractivity contribution in [3.05, 3.63) is 47.7 Å². The van der Waals surface area contributed by atoms with E-state index in [1.165, 1.54) is 7.05 Å². The Kier molecular flexibility index (Phi) is 4.75. The Hall–Kier alpha value is -2.44. The molecule has 4 nitrogen and oxygen atoms in total. The molecule has 2 N–H and O–H groups in total. The van der Waals surface area contributed by atoms with Gasteiger partial charge in [-0.1, -0.05) is 12.1 Å². The summed E-state index contributed by atoms with van der Waals surface area (Å²) in [7, 11) is 3.00. The first-order valence-corrected chi connectivity index (χ1v) is 6.56. The number of hydrogen-bond donors (Lipinski definition) is 2. The Morgan fingerprint density at radius 1 is 1.14 bits per heavy atom. The maximum Gasteiger partial charge on any atom is 0.418 e. The van der Waals surface area contributed by atoms with E-state index in [1.54, 1.807) is 19.2 Å². The number of rotatable bonds is 5. The van der Waals surface area contributed by atoms with Crippen molar-refractivity contribution in [2.75, 3.05) is 24.8 Å². The average Bonchev–Trinajstić information content (AvgIpc) is 2.52. The third-order valence-corrected chi connectivity index (χ3v) is 3.13. The molecule has 22 heavy (non-hydrogen) atoms. The lowest BCUT2D eigenvalue weighted by Gasteiger charge is -2.16. The van der Waals surface area contributed by atoms with Gasteiger partial charge in [0.2, 0.25) is 0 Å². The van der Waals surface area contributed by atoms with E-state index < -0.39 is 11.7 Å². The molecular weight excluding hydrogens is 295 g/mol. The maximum absolute atomic E-state index is 13.0. The van der Waals surface area contributed by atoms with Crippen LogP contribution in [0.1, 0.15) is 11.1 Å². The first-order valence-electron chi connectivity index (χ1n) is 6.56. The summed E-state index contributed by atoms with van der Waals surface area (Å²) in [5, 5.41) is 5.48. The predicted octanol–water partition coefficient (Wildman–Crippen LogP) is 3.76. The smallest absolute Gasteiger partial charge is 0.418 e. The van der Waals surface area contributed by atoms with Crippen LogP contribution in [0, 0.1) is 0 Å². The highest BCUT2D eigenvalue weighted by molar-refractivity contribution is 5.69. The molecule has 118 valence electrons. The van der Waals surface area contributed by atoms with Gasteiger partial charge in [-0.3, -0.25) is 0 Å². The number of nitrogens with one attached hydrogen (secondary N) is 2. The van der Waals surface area contributed by atoms with E-state index in [4.69, 9.17) is 4.74 Å². The van der Waals surface area contributed by atoms with E-state index in [2.05, 4.69) is 15.6 Å². The molecule has 2 rings (SSSR count). The van der Waals surface area contributed by atoms with Gasteiger partial charge in [0.05, 0.1) is 18.4 Å². The molecule has 0 saturated carbocycles. The monoisotopic (exact) mass is 311 g/mol. The summed E-state index contributed by atoms with van der Waals surface area (Å²) in [6.07, 6.45) is -3.29. The molecule has 1 aromatic heterocycles. The number of pyridine rings is 1. The molecule has 0 radical (unpaired) electrons. The van der Waals surface area contributed by atoms with Gasteiger partial charge < -0.3 is 15.4 Å². The van der Waals surface area contributed by atoms with Crippen LogP contribution in [0.25, 0.3) is 0 Å². The summed E-state index contributed by atoms with van der Waals surface area (Å²) in [6, 6.07) is 8.19. The lowest BCUT2D eigenvalue weighted by Crippen LogP contribution is -2.12. The summed E-state index contributed by atoms with van der Waals surface area (Å²) < 4.78 is 43.9. The molecule has 0 unspecified atom stereocenters. The molecule has 0 amide bonds. The number of nitrogens with zero attached hydrogens (tertiary/aromatic N) is 1. The summed E-state index contributed by atoms with van der Waals surface area (Å²) in [5.74, 6) is 0.880. The van der Waals surface area contributed by atoms with E-state index in [0.717, 1.165) is 23.6 Å². The van der Waals surface area contributed by atoms with Gasteiger partial charge in [-0.15, -0.1) is 0 Å². The summed E-state index contributed by atoms with van der Waals surface area (Å²) >= 11 is 0. The minimum atomic E-state index is -4.43. The van der Waals surface area contributed by atoms with Crippen molar-refractivity contribution >= 4 is 11.5 Å². The third kappa shape index (κ3) is 3.60. The Bertz CT molecular complexity index is 627. The van der Waals surface area contributed by atoms with Gasteiger partial charge >= 0.3 is 6.18 Å². The van der Waals surface area contributed by atoms with Crippen LogP contribution in [0.2, 0.25) is 0 Å². The van der Waals surface area contributed by atoms with E-state index in [9.17, 15) is 13.2 Å². The SMILES string of the molecule is CNc1c(C(F)(F)F)ccnc1NCc1ccc(OC)cc1. The van der Waals surface area contributed by atoms with Crippen LogP contribution in [-0.2, 0) is 12.7 Å². The zero-order valence-electron chi connectivity index (χ0n) is 12.2. The minimum absolute atomic E-state index is 0.0662. The number of aromatic nitrogens is 1. The highest BCUT2D eigenvalue weighted by Gasteiger charge is 2.34. The van der Waals surface area contributed by atoms with Crippen LogP contribution >= 0.6 is 0 Å². The van der Waals surface area contributed by atoms with Crippen LogP contribution in [0.5, 0.6) is 5.75 Å². The Balaban J connectivity index is 2.18. The second-order valence-electron chi connectivity index (χ2n) is 4.53. The van der Waals surface area contributed by atoms with Crippen molar-refractivity contribution < 1.29 is 17.9 Å². The second-order valence-corrected chi connectivity index (χ2v) is 4.53. The van der Waals surface area contributed by atoms with Crippen LogP contribution < -0.4 is 15.4 Å². The zero-order valence-corrected chi connectivity index (χ0v) is 12.2. The van der Waals surface area contributed by atoms with E-state index in [-0.39, 0.29) is 11.5 Å². The molecule has 1 heterocycles. The first kappa shape index (κ1) is 15.9. The van der Waals surface area contributed by atoms with Crippen molar-refractivity contribution in [2.45, 2.75) is 12.7 Å². The predicted molar refractivity (Wildman–Crippen MR) is 79.1 cm³/mol. The van der Waals surface area contributed by atoms with Crippen LogP contribution in [0.3, 0.4) is 0 Å². The number of ether oxygens (including phenoxy) is 1. The minimum Gasteiger partial charge on any atom is -0.497 e. The number of alkyl halides is 3. The van der Waals surface area contributed by atoms with Gasteiger partial charge in [0.25, 0.3) is 0 Å². The summed E-state index contributed by atoms with van der Waals surface area (Å²) in [6.45, 7) is 0.354. The van der Waals surface area contributed by atoms with Gasteiger partial charge in [-0.05, 0) is 23.8 Å². The zero-order chi connectivity index (χ0) is 16.2. The number of benzene rings is 1. The normalized spacial score (nSPS) is 11.1. The average molecular weight is 311 g/mol. The van der Waals surface area contributed by atoms with Crippen molar-refractivity contribution in [3.8, 4) is 5.75 Å². The molecule has 0 aliphatic rings. The van der Waals surface area contributed by atoms with Gasteiger partial charge in [0, 0.05) is 19.8 Å². The van der Waals surface area contributed by atoms with E-state index in [1.807, 2.05) is 12.1 Å². The van der Waals surface area contributed by atoms with Crippen LogP contribution in [-0.4, -0.2) is 19.1 Å². The number of methoxy groups -OCH3 is 1. The van der Waals surface area contributed by atoms with Crippen molar-refractivity contribution in [1.29, 1.82) is 0 Å². The molecule has 0 atom stereocenters. The fourth-order valence-corrected chi connectivity index (χ4v) is 2.01. The van der Waals surface area contributed by atoms with E-state index >= 15 is 0 Å². The lowest BCUT2D eigenvalue weighted by molar-refractivity contribution is -0.136. The number of halogens is 3. The fraction of sp³-hybridized carbons (Fsp3) is 0.267. The second kappa shape index (κ2) is 6.55. The molecule has 0 spiro atoms. The molecule has 0 aliphatic heterocycles. The number of hydrogen-bond acceptors (Lipinski definition) is 4. The van der Waals surface area contributed by atoms with Crippen LogP contribution in [0.15, 0.2) is 36.5 Å². The van der Waals surface area contributed by atoms with Crippen LogP contribution in [0.4, 0.5) is 24.7 Å². The van der Waals surface area contributed by atoms with Gasteiger partial charge in [0.1, 0.15) is 11.6 Å². The van der Waals surface area contributed by atoms with Gasteiger partial charge in [-0.2, -0.15) is 13.2 Å². The van der Waals surface area contributed by atoms with E-state index in [0.29, 0.717) is 6.54 Å². The van der Waals surface area contributed by atoms with Crippen molar-refractivity contribution in [1.82, 2.24) is 4.98 Å². The Morgan fingerprint density at radius 3 is 2.36 bits per heavy atom. The molecular formula is C15H16F3N3O. The highest BCUT2D eigenvalue weighted by Crippen LogP contribution is 2.37. The summed E-state index contributed by atoms with van der Waals surface area (Å²) in [4.78, 5) is 3.97. The summed E-state index contributed by atoms with van der Waals surface area (Å²) in [5.41, 5.74) is 0.0906. The Labute approximate surface area is 126 Å². The molecule has 0 saturated heterocycles. The standard InChI is InChI=1S/C15H16F3N3O/c1-19-13-12(15(16,17)18)7-8-20-14(13)21-9-10-3-5-11(22-2)6-4-10/h3-8,19H,9H2,1-2H3,(H,20,21). The quantitative estimate of drug-likeness (QED) is 0.882. The van der Waals surface area contributed by atoms with Gasteiger partial charge in [-0.25, -0.2) is 4.98 Å². The maximum atomic E-state index is 13.0. The molecule has 0 fully saturated rings. The third-order valence-electron chi connectivity index (χ3n) is 3.13. The fourth-order valence-electron chi connectivity index (χ4n) is 2.01. The molecule has 1 aromatic carbocycles. The van der Waals surface area contributed by atoms with Crippen molar-refractivity contribution in [3.63, 3.8) is 0 Å². The molecule has 0 aliphatic carbocycles. The topological polar surface area (TPSA) is 46.2 Å². The number of anilines is 2.